The van der Waals surface area contributed by atoms with Gasteiger partial charge in [0.2, 0.25) is 5.91 Å². The van der Waals surface area contributed by atoms with Crippen LogP contribution in [-0.2, 0) is 9.53 Å². The van der Waals surface area contributed by atoms with Crippen LogP contribution >= 0.6 is 0 Å². The van der Waals surface area contributed by atoms with Gasteiger partial charge in [-0.1, -0.05) is 0 Å². The summed E-state index contributed by atoms with van der Waals surface area (Å²) in [5.41, 5.74) is 2.05. The molecule has 0 unspecified atom stereocenters. The summed E-state index contributed by atoms with van der Waals surface area (Å²) in [6.07, 6.45) is -0.792. The van der Waals surface area contributed by atoms with Crippen LogP contribution in [-0.4, -0.2) is 36.7 Å². The average molecular weight is 173 g/mol. The van der Waals surface area contributed by atoms with Crippen LogP contribution in [0.1, 0.15) is 0 Å². The fraction of sp³-hybridized carbons (Fsp3) is 0.400. The van der Waals surface area contributed by atoms with E-state index in [9.17, 15) is 14.4 Å². The zero-order chi connectivity index (χ0) is 9.14. The Labute approximate surface area is 67.6 Å². The molecule has 7 nitrogen and oxygen atoms in total. The molecule has 1 heterocycles. The highest BCUT2D eigenvalue weighted by molar-refractivity contribution is 6.02. The van der Waals surface area contributed by atoms with Gasteiger partial charge in [-0.15, -0.1) is 0 Å². The first kappa shape index (κ1) is 8.31. The predicted molar refractivity (Wildman–Crippen MR) is 35.8 cm³/mol. The Bertz CT molecular complexity index is 239. The van der Waals surface area contributed by atoms with Gasteiger partial charge < -0.3 is 4.74 Å². The summed E-state index contributed by atoms with van der Waals surface area (Å²) in [4.78, 5) is 31.9. The fourth-order valence-electron chi connectivity index (χ4n) is 0.688. The van der Waals surface area contributed by atoms with E-state index >= 15 is 0 Å². The van der Waals surface area contributed by atoms with Crippen molar-refractivity contribution in [3.8, 4) is 0 Å². The van der Waals surface area contributed by atoms with Gasteiger partial charge in [0.1, 0.15) is 6.54 Å². The number of methoxy groups -OCH3 is 1. The third kappa shape index (κ3) is 1.62. The molecule has 0 aromatic rings. The number of rotatable bonds is 1. The highest BCUT2D eigenvalue weighted by atomic mass is 16.5. The molecule has 0 aromatic heterocycles. The lowest BCUT2D eigenvalue weighted by Gasteiger charge is -2.12. The Morgan fingerprint density at radius 1 is 1.67 bits per heavy atom. The number of carbonyl (C=O) groups excluding carboxylic acids is 3. The summed E-state index contributed by atoms with van der Waals surface area (Å²) in [5.74, 6) is -0.462. The second-order valence-electron chi connectivity index (χ2n) is 2.04. The van der Waals surface area contributed by atoms with Crippen molar-refractivity contribution in [3.63, 3.8) is 0 Å². The Morgan fingerprint density at radius 3 is 2.75 bits per heavy atom. The standard InChI is InChI=1S/C5H7N3O4/c1-12-5(11)7-8-2-3(9)6-4(8)10/h2H2,1H3,(H,7,11)(H,6,9,10). The molecule has 1 rings (SSSR count). The molecule has 0 aliphatic carbocycles. The van der Waals surface area contributed by atoms with Crippen LogP contribution in [0.15, 0.2) is 0 Å². The lowest BCUT2D eigenvalue weighted by molar-refractivity contribution is -0.118. The number of amides is 4. The van der Waals surface area contributed by atoms with Crippen molar-refractivity contribution in [2.45, 2.75) is 0 Å². The number of hydrogen-bond acceptors (Lipinski definition) is 4. The minimum Gasteiger partial charge on any atom is -0.452 e. The van der Waals surface area contributed by atoms with Gasteiger partial charge >= 0.3 is 12.1 Å². The molecule has 0 aromatic carbocycles. The molecular formula is C5H7N3O4. The van der Waals surface area contributed by atoms with Crippen LogP contribution in [0.2, 0.25) is 0 Å². The van der Waals surface area contributed by atoms with E-state index in [1.807, 2.05) is 10.7 Å². The third-order valence-electron chi connectivity index (χ3n) is 1.20. The number of imide groups is 1. The van der Waals surface area contributed by atoms with Crippen molar-refractivity contribution < 1.29 is 19.1 Å². The summed E-state index contributed by atoms with van der Waals surface area (Å²) in [6.45, 7) is -0.187. The molecule has 1 aliphatic rings. The maximum Gasteiger partial charge on any atom is 0.425 e. The number of ether oxygens (including phenoxy) is 1. The number of carbonyl (C=O) groups is 3. The molecule has 1 saturated heterocycles. The molecule has 12 heavy (non-hydrogen) atoms. The molecule has 66 valence electrons. The van der Waals surface area contributed by atoms with Crippen LogP contribution in [0.4, 0.5) is 9.59 Å². The molecule has 0 spiro atoms. The fourth-order valence-corrected chi connectivity index (χ4v) is 0.688. The van der Waals surface area contributed by atoms with Gasteiger partial charge in [-0.3, -0.25) is 10.1 Å². The van der Waals surface area contributed by atoms with E-state index < -0.39 is 18.0 Å². The van der Waals surface area contributed by atoms with Crippen molar-refractivity contribution >= 4 is 18.0 Å². The van der Waals surface area contributed by atoms with Crippen LogP contribution in [0.3, 0.4) is 0 Å². The first-order valence-electron chi connectivity index (χ1n) is 3.09. The van der Waals surface area contributed by atoms with Crippen molar-refractivity contribution in [3.05, 3.63) is 0 Å². The number of nitrogens with zero attached hydrogens (tertiary/aromatic N) is 1. The van der Waals surface area contributed by atoms with Crippen molar-refractivity contribution in [2.75, 3.05) is 13.7 Å². The molecule has 0 bridgehead atoms. The lowest BCUT2D eigenvalue weighted by Crippen LogP contribution is -2.44. The molecule has 4 amide bonds. The normalized spacial score (nSPS) is 15.9. The number of nitrogens with one attached hydrogen (secondary N) is 2. The van der Waals surface area contributed by atoms with Gasteiger partial charge in [-0.25, -0.2) is 20.0 Å². The van der Waals surface area contributed by atoms with Gasteiger partial charge in [0.15, 0.2) is 0 Å². The van der Waals surface area contributed by atoms with Gasteiger partial charge in [0.05, 0.1) is 7.11 Å². The Balaban J connectivity index is 2.48. The first-order valence-corrected chi connectivity index (χ1v) is 3.09. The molecular weight excluding hydrogens is 166 g/mol. The first-order chi connectivity index (χ1) is 5.63. The van der Waals surface area contributed by atoms with Crippen LogP contribution in [0, 0.1) is 0 Å². The van der Waals surface area contributed by atoms with Crippen LogP contribution < -0.4 is 10.7 Å². The molecule has 2 N–H and O–H groups in total. The summed E-state index contributed by atoms with van der Waals surface area (Å²) in [6, 6.07) is -0.662. The summed E-state index contributed by atoms with van der Waals surface area (Å²) in [7, 11) is 1.16. The second-order valence-corrected chi connectivity index (χ2v) is 2.04. The number of urea groups is 1. The minimum atomic E-state index is -0.792. The maximum atomic E-state index is 10.8. The monoisotopic (exact) mass is 173 g/mol. The summed E-state index contributed by atoms with van der Waals surface area (Å²) >= 11 is 0. The predicted octanol–water partition coefficient (Wildman–Crippen LogP) is -1.19. The second kappa shape index (κ2) is 3.07. The molecule has 1 fully saturated rings. The maximum absolute atomic E-state index is 10.8. The van der Waals surface area contributed by atoms with Gasteiger partial charge in [-0.05, 0) is 0 Å². The van der Waals surface area contributed by atoms with Crippen LogP contribution in [0.25, 0.3) is 0 Å². The summed E-state index contributed by atoms with van der Waals surface area (Å²) in [5, 5.41) is 2.80. The van der Waals surface area contributed by atoms with Gasteiger partial charge in [0, 0.05) is 0 Å². The highest BCUT2D eigenvalue weighted by Gasteiger charge is 2.28. The number of hydrogen-bond donors (Lipinski definition) is 2. The largest absolute Gasteiger partial charge is 0.452 e. The summed E-state index contributed by atoms with van der Waals surface area (Å²) < 4.78 is 4.21. The van der Waals surface area contributed by atoms with Gasteiger partial charge in [0.25, 0.3) is 0 Å². The van der Waals surface area contributed by atoms with E-state index in [2.05, 4.69) is 4.74 Å². The molecule has 1 aliphatic heterocycles. The Hall–Kier alpha value is -1.79. The highest BCUT2D eigenvalue weighted by Crippen LogP contribution is 1.93. The van der Waals surface area contributed by atoms with Crippen molar-refractivity contribution in [2.24, 2.45) is 0 Å². The SMILES string of the molecule is COC(=O)NN1CC(=O)NC1=O. The van der Waals surface area contributed by atoms with Gasteiger partial charge in [-0.2, -0.15) is 0 Å². The number of hydrazine groups is 1. The van der Waals surface area contributed by atoms with Crippen molar-refractivity contribution in [1.82, 2.24) is 15.8 Å². The average Bonchev–Trinajstić information content (AvgIpc) is 2.30. The van der Waals surface area contributed by atoms with Crippen molar-refractivity contribution in [1.29, 1.82) is 0 Å². The molecule has 0 radical (unpaired) electrons. The molecule has 0 saturated carbocycles. The van der Waals surface area contributed by atoms with E-state index in [1.165, 1.54) is 0 Å². The Morgan fingerprint density at radius 2 is 2.33 bits per heavy atom. The minimum absolute atomic E-state index is 0.187. The zero-order valence-corrected chi connectivity index (χ0v) is 6.29. The molecule has 7 heteroatoms. The van der Waals surface area contributed by atoms with E-state index in [1.54, 1.807) is 0 Å². The topological polar surface area (TPSA) is 87.7 Å². The third-order valence-corrected chi connectivity index (χ3v) is 1.20. The van der Waals surface area contributed by atoms with E-state index in [-0.39, 0.29) is 6.54 Å². The Kier molecular flexibility index (Phi) is 2.13. The van der Waals surface area contributed by atoms with Crippen LogP contribution in [0.5, 0.6) is 0 Å². The van der Waals surface area contributed by atoms with E-state index in [0.717, 1.165) is 12.1 Å². The quantitative estimate of drug-likeness (QED) is 0.488. The lowest BCUT2D eigenvalue weighted by atomic mass is 10.6. The van der Waals surface area contributed by atoms with E-state index in [0.29, 0.717) is 0 Å². The van der Waals surface area contributed by atoms with E-state index in [4.69, 9.17) is 0 Å². The zero-order valence-electron chi connectivity index (χ0n) is 6.29. The smallest absolute Gasteiger partial charge is 0.425 e. The molecule has 0 atom stereocenters.